The van der Waals surface area contributed by atoms with Crippen molar-refractivity contribution in [3.8, 4) is 0 Å². The summed E-state index contributed by atoms with van der Waals surface area (Å²) >= 11 is 0. The number of nitrogens with two attached hydrogens (primary N) is 1. The molecule has 0 heterocycles. The fraction of sp³-hybridized carbons (Fsp3) is 0.200. The Bertz CT molecular complexity index is 655. The van der Waals surface area contributed by atoms with Crippen molar-refractivity contribution in [2.24, 2.45) is 5.14 Å². The van der Waals surface area contributed by atoms with E-state index in [0.29, 0.717) is 6.54 Å². The molecule has 2 aromatic rings. The van der Waals surface area contributed by atoms with Gasteiger partial charge in [0.1, 0.15) is 0 Å². The maximum Gasteiger partial charge on any atom is 0.238 e. The van der Waals surface area contributed by atoms with Crippen LogP contribution in [0.2, 0.25) is 0 Å². The van der Waals surface area contributed by atoms with Crippen LogP contribution in [0, 0.1) is 0 Å². The van der Waals surface area contributed by atoms with Crippen LogP contribution < -0.4 is 10.5 Å². The van der Waals surface area contributed by atoms with Gasteiger partial charge in [0.2, 0.25) is 10.0 Å². The van der Waals surface area contributed by atoms with E-state index in [1.54, 1.807) is 12.1 Å². The molecule has 0 amide bonds. The lowest BCUT2D eigenvalue weighted by molar-refractivity contribution is 0.597. The van der Waals surface area contributed by atoms with E-state index in [9.17, 15) is 8.42 Å². The average Bonchev–Trinajstić information content (AvgIpc) is 2.44. The predicted octanol–water partition coefficient (Wildman–Crippen LogP) is 1.67. The maximum absolute atomic E-state index is 11.3. The summed E-state index contributed by atoms with van der Waals surface area (Å²) in [4.78, 5) is 0.153. The molecule has 0 saturated carbocycles. The van der Waals surface area contributed by atoms with E-state index < -0.39 is 10.0 Å². The average molecular weight is 290 g/mol. The molecule has 4 nitrogen and oxygen atoms in total. The van der Waals surface area contributed by atoms with Gasteiger partial charge in [-0.25, -0.2) is 13.6 Å². The van der Waals surface area contributed by atoms with Gasteiger partial charge in [-0.05, 0) is 36.2 Å². The van der Waals surface area contributed by atoms with Gasteiger partial charge in [-0.3, -0.25) is 0 Å². The number of nitrogens with one attached hydrogen (secondary N) is 1. The topological polar surface area (TPSA) is 72.2 Å². The highest BCUT2D eigenvalue weighted by atomic mass is 32.2. The summed E-state index contributed by atoms with van der Waals surface area (Å²) in [6.07, 6.45) is 0.940. The molecule has 0 saturated heterocycles. The third kappa shape index (κ3) is 4.45. The minimum absolute atomic E-state index is 0.153. The van der Waals surface area contributed by atoms with E-state index in [1.807, 2.05) is 24.3 Å². The Kier molecular flexibility index (Phi) is 4.89. The Balaban J connectivity index is 1.86. The molecule has 106 valence electrons. The third-order valence-electron chi connectivity index (χ3n) is 2.99. The molecular formula is C15H18N2O2S. The lowest BCUT2D eigenvalue weighted by atomic mass is 10.1. The van der Waals surface area contributed by atoms with Gasteiger partial charge in [0, 0.05) is 6.54 Å². The molecule has 0 aliphatic heterocycles. The molecule has 0 aliphatic carbocycles. The fourth-order valence-corrected chi connectivity index (χ4v) is 2.53. The van der Waals surface area contributed by atoms with E-state index in [4.69, 9.17) is 5.14 Å². The van der Waals surface area contributed by atoms with Crippen molar-refractivity contribution in [3.05, 3.63) is 65.7 Å². The Morgan fingerprint density at radius 3 is 2.35 bits per heavy atom. The van der Waals surface area contributed by atoms with E-state index in [2.05, 4.69) is 17.4 Å². The second-order valence-electron chi connectivity index (χ2n) is 4.60. The standard InChI is InChI=1S/C15H18N2O2S/c16-20(18,19)15-8-4-7-14(11-15)12-17-10-9-13-5-2-1-3-6-13/h1-8,11,17H,9-10,12H2,(H2,16,18,19). The van der Waals surface area contributed by atoms with Gasteiger partial charge in [0.15, 0.2) is 0 Å². The van der Waals surface area contributed by atoms with Crippen molar-refractivity contribution >= 4 is 10.0 Å². The second-order valence-corrected chi connectivity index (χ2v) is 6.17. The summed E-state index contributed by atoms with van der Waals surface area (Å²) in [6.45, 7) is 1.46. The van der Waals surface area contributed by atoms with Crippen molar-refractivity contribution in [2.45, 2.75) is 17.9 Å². The molecule has 0 aliphatic rings. The van der Waals surface area contributed by atoms with E-state index in [1.165, 1.54) is 11.6 Å². The van der Waals surface area contributed by atoms with Crippen LogP contribution in [0.1, 0.15) is 11.1 Å². The van der Waals surface area contributed by atoms with Crippen LogP contribution in [0.4, 0.5) is 0 Å². The summed E-state index contributed by atoms with van der Waals surface area (Å²) in [5.41, 5.74) is 2.18. The number of hydrogen-bond donors (Lipinski definition) is 2. The van der Waals surface area contributed by atoms with Crippen LogP contribution >= 0.6 is 0 Å². The molecule has 0 bridgehead atoms. The van der Waals surface area contributed by atoms with Crippen LogP contribution in [0.25, 0.3) is 0 Å². The molecule has 0 fully saturated rings. The van der Waals surface area contributed by atoms with E-state index >= 15 is 0 Å². The van der Waals surface area contributed by atoms with Gasteiger partial charge in [-0.2, -0.15) is 0 Å². The maximum atomic E-state index is 11.3. The zero-order chi connectivity index (χ0) is 14.4. The van der Waals surface area contributed by atoms with Crippen molar-refractivity contribution in [3.63, 3.8) is 0 Å². The highest BCUT2D eigenvalue weighted by Crippen LogP contribution is 2.09. The molecule has 3 N–H and O–H groups in total. The first-order valence-electron chi connectivity index (χ1n) is 6.42. The lowest BCUT2D eigenvalue weighted by Gasteiger charge is -2.06. The van der Waals surface area contributed by atoms with Crippen molar-refractivity contribution < 1.29 is 8.42 Å². The van der Waals surface area contributed by atoms with Crippen molar-refractivity contribution in [2.75, 3.05) is 6.54 Å². The quantitative estimate of drug-likeness (QED) is 0.795. The molecule has 20 heavy (non-hydrogen) atoms. The first-order chi connectivity index (χ1) is 9.55. The van der Waals surface area contributed by atoms with Gasteiger partial charge < -0.3 is 5.32 Å². The minimum atomic E-state index is -3.63. The summed E-state index contributed by atoms with van der Waals surface area (Å²) in [5.74, 6) is 0. The Morgan fingerprint density at radius 2 is 1.65 bits per heavy atom. The number of hydrogen-bond acceptors (Lipinski definition) is 3. The minimum Gasteiger partial charge on any atom is -0.312 e. The largest absolute Gasteiger partial charge is 0.312 e. The van der Waals surface area contributed by atoms with Gasteiger partial charge in [-0.15, -0.1) is 0 Å². The van der Waals surface area contributed by atoms with Gasteiger partial charge >= 0.3 is 0 Å². The second kappa shape index (κ2) is 6.65. The van der Waals surface area contributed by atoms with Gasteiger partial charge in [-0.1, -0.05) is 42.5 Å². The van der Waals surface area contributed by atoms with E-state index in [-0.39, 0.29) is 4.90 Å². The molecule has 0 unspecified atom stereocenters. The number of benzene rings is 2. The first kappa shape index (κ1) is 14.7. The number of rotatable bonds is 6. The molecule has 0 aromatic heterocycles. The fourth-order valence-electron chi connectivity index (χ4n) is 1.94. The van der Waals surface area contributed by atoms with Crippen molar-refractivity contribution in [1.29, 1.82) is 0 Å². The van der Waals surface area contributed by atoms with E-state index in [0.717, 1.165) is 18.5 Å². The van der Waals surface area contributed by atoms with Crippen LogP contribution in [-0.4, -0.2) is 15.0 Å². The van der Waals surface area contributed by atoms with Crippen molar-refractivity contribution in [1.82, 2.24) is 5.32 Å². The molecule has 2 rings (SSSR count). The first-order valence-corrected chi connectivity index (χ1v) is 7.97. The Labute approximate surface area is 119 Å². The zero-order valence-corrected chi connectivity index (χ0v) is 11.9. The molecule has 2 aromatic carbocycles. The molecule has 5 heteroatoms. The highest BCUT2D eigenvalue weighted by Gasteiger charge is 2.07. The van der Waals surface area contributed by atoms with Crippen LogP contribution in [-0.2, 0) is 23.0 Å². The zero-order valence-electron chi connectivity index (χ0n) is 11.1. The summed E-state index contributed by atoms with van der Waals surface area (Å²) in [6, 6.07) is 16.9. The highest BCUT2D eigenvalue weighted by molar-refractivity contribution is 7.89. The Morgan fingerprint density at radius 1 is 0.950 bits per heavy atom. The molecular weight excluding hydrogens is 272 g/mol. The van der Waals surface area contributed by atoms with Crippen LogP contribution in [0.5, 0.6) is 0 Å². The molecule has 0 radical (unpaired) electrons. The summed E-state index contributed by atoms with van der Waals surface area (Å²) < 4.78 is 22.5. The number of primary sulfonamides is 1. The predicted molar refractivity (Wildman–Crippen MR) is 79.7 cm³/mol. The smallest absolute Gasteiger partial charge is 0.238 e. The third-order valence-corrected chi connectivity index (χ3v) is 3.90. The SMILES string of the molecule is NS(=O)(=O)c1cccc(CNCCc2ccccc2)c1. The summed E-state index contributed by atoms with van der Waals surface area (Å²) in [7, 11) is -3.63. The van der Waals surface area contributed by atoms with Gasteiger partial charge in [0.25, 0.3) is 0 Å². The number of sulfonamides is 1. The monoisotopic (exact) mass is 290 g/mol. The van der Waals surface area contributed by atoms with Crippen LogP contribution in [0.3, 0.4) is 0 Å². The normalized spacial score (nSPS) is 11.4. The van der Waals surface area contributed by atoms with Gasteiger partial charge in [0.05, 0.1) is 4.90 Å². The Hall–Kier alpha value is -1.69. The lowest BCUT2D eigenvalue weighted by Crippen LogP contribution is -2.17. The molecule has 0 atom stereocenters. The molecule has 0 spiro atoms. The summed E-state index contributed by atoms with van der Waals surface area (Å²) in [5, 5.41) is 8.40. The van der Waals surface area contributed by atoms with Crippen LogP contribution in [0.15, 0.2) is 59.5 Å².